The molecule has 9 heteroatoms. The number of halogens is 3. The lowest BCUT2D eigenvalue weighted by atomic mass is 10.1. The molecule has 0 aliphatic rings. The number of nitrogens with zero attached hydrogens (tertiary/aromatic N) is 2. The van der Waals surface area contributed by atoms with E-state index < -0.39 is 12.5 Å². The van der Waals surface area contributed by atoms with Crippen LogP contribution in [0.2, 0.25) is 5.02 Å². The molecule has 0 saturated carbocycles. The summed E-state index contributed by atoms with van der Waals surface area (Å²) in [6.07, 6.45) is 0. The molecule has 5 nitrogen and oxygen atoms in total. The Labute approximate surface area is 152 Å². The van der Waals surface area contributed by atoms with Gasteiger partial charge in [-0.25, -0.2) is 4.98 Å². The van der Waals surface area contributed by atoms with Crippen LogP contribution in [0.3, 0.4) is 0 Å². The van der Waals surface area contributed by atoms with Crippen LogP contribution in [0.4, 0.5) is 8.78 Å². The van der Waals surface area contributed by atoms with Crippen molar-refractivity contribution in [3.8, 4) is 28.8 Å². The van der Waals surface area contributed by atoms with E-state index in [9.17, 15) is 13.6 Å². The van der Waals surface area contributed by atoms with E-state index in [1.807, 2.05) is 19.0 Å². The first-order valence-electron chi connectivity index (χ1n) is 6.97. The van der Waals surface area contributed by atoms with Crippen LogP contribution >= 0.6 is 22.9 Å². The van der Waals surface area contributed by atoms with Crippen LogP contribution in [0.5, 0.6) is 5.75 Å². The molecule has 2 N–H and O–H groups in total. The number of thiazole rings is 1. The minimum atomic E-state index is -3.03. The predicted octanol–water partition coefficient (Wildman–Crippen LogP) is 3.08. The van der Waals surface area contributed by atoms with Gasteiger partial charge in [0, 0.05) is 10.6 Å². The number of amides is 1. The first-order valence-corrected chi connectivity index (χ1v) is 8.16. The molecule has 25 heavy (non-hydrogen) atoms. The molecular weight excluding hydrogens is 372 g/mol. The Morgan fingerprint density at radius 2 is 2.20 bits per heavy atom. The van der Waals surface area contributed by atoms with Gasteiger partial charge in [-0.1, -0.05) is 28.9 Å². The summed E-state index contributed by atoms with van der Waals surface area (Å²) in [4.78, 5) is 17.9. The smallest absolute Gasteiger partial charge is 0.387 e. The van der Waals surface area contributed by atoms with Gasteiger partial charge in [0.1, 0.15) is 10.6 Å². The van der Waals surface area contributed by atoms with Gasteiger partial charge in [0.05, 0.1) is 12.2 Å². The Bertz CT molecular complexity index is 844. The molecule has 0 unspecified atom stereocenters. The highest BCUT2D eigenvalue weighted by Gasteiger charge is 2.21. The topological polar surface area (TPSA) is 68.5 Å². The number of carbonyl (C=O) groups excluding carboxylic acids is 1. The van der Waals surface area contributed by atoms with Gasteiger partial charge in [-0.15, -0.1) is 0 Å². The maximum atomic E-state index is 12.6. The largest absolute Gasteiger partial charge is 0.434 e. The quantitative estimate of drug-likeness (QED) is 0.803. The molecule has 0 bridgehead atoms. The van der Waals surface area contributed by atoms with Crippen LogP contribution in [-0.2, 0) is 0 Å². The van der Waals surface area contributed by atoms with Crippen LogP contribution in [0.15, 0.2) is 18.2 Å². The SMILES string of the molecule is CN(C)CC#Cc1nc(-c2cc(Cl)ccc2OC(F)F)c(C(N)=O)s1. The number of primary amides is 1. The van der Waals surface area contributed by atoms with Crippen LogP contribution in [0, 0.1) is 11.8 Å². The van der Waals surface area contributed by atoms with Gasteiger partial charge >= 0.3 is 6.61 Å². The molecule has 0 spiro atoms. The average molecular weight is 386 g/mol. The summed E-state index contributed by atoms with van der Waals surface area (Å²) in [5, 5.41) is 0.619. The van der Waals surface area contributed by atoms with Gasteiger partial charge in [-0.05, 0) is 38.2 Å². The highest BCUT2D eigenvalue weighted by molar-refractivity contribution is 7.14. The maximum absolute atomic E-state index is 12.6. The van der Waals surface area contributed by atoms with Crippen molar-refractivity contribution in [1.82, 2.24) is 9.88 Å². The normalized spacial score (nSPS) is 10.7. The van der Waals surface area contributed by atoms with Gasteiger partial charge in [0.25, 0.3) is 5.91 Å². The fourth-order valence-corrected chi connectivity index (χ4v) is 2.86. The zero-order chi connectivity index (χ0) is 18.6. The summed E-state index contributed by atoms with van der Waals surface area (Å²) >= 11 is 6.93. The Morgan fingerprint density at radius 3 is 2.80 bits per heavy atom. The van der Waals surface area contributed by atoms with Crippen LogP contribution < -0.4 is 10.5 Å². The number of rotatable bonds is 5. The Kier molecular flexibility index (Phi) is 6.31. The van der Waals surface area contributed by atoms with E-state index in [0.717, 1.165) is 11.3 Å². The lowest BCUT2D eigenvalue weighted by Gasteiger charge is -2.10. The van der Waals surface area contributed by atoms with Crippen molar-refractivity contribution in [2.75, 3.05) is 20.6 Å². The monoisotopic (exact) mass is 385 g/mol. The number of ether oxygens (including phenoxy) is 1. The highest BCUT2D eigenvalue weighted by atomic mass is 35.5. The second kappa shape index (κ2) is 8.25. The second-order valence-corrected chi connectivity index (χ2v) is 6.56. The van der Waals surface area contributed by atoms with Crippen molar-refractivity contribution in [3.05, 3.63) is 33.1 Å². The summed E-state index contributed by atoms with van der Waals surface area (Å²) in [6.45, 7) is -2.53. The van der Waals surface area contributed by atoms with Crippen molar-refractivity contribution in [2.24, 2.45) is 5.73 Å². The highest BCUT2D eigenvalue weighted by Crippen LogP contribution is 2.37. The fourth-order valence-electron chi connectivity index (χ4n) is 1.88. The molecule has 132 valence electrons. The summed E-state index contributed by atoms with van der Waals surface area (Å²) in [6, 6.07) is 4.07. The van der Waals surface area contributed by atoms with E-state index >= 15 is 0 Å². The molecule has 2 aromatic rings. The van der Waals surface area contributed by atoms with Crippen molar-refractivity contribution in [3.63, 3.8) is 0 Å². The first kappa shape index (κ1) is 19.1. The van der Waals surface area contributed by atoms with Crippen LogP contribution in [0.1, 0.15) is 14.7 Å². The molecule has 2 rings (SSSR count). The van der Waals surface area contributed by atoms with Gasteiger partial charge in [-0.3, -0.25) is 9.69 Å². The molecule has 0 aliphatic heterocycles. The second-order valence-electron chi connectivity index (χ2n) is 5.12. The third-order valence-corrected chi connectivity index (χ3v) is 4.07. The van der Waals surface area contributed by atoms with E-state index in [1.54, 1.807) is 0 Å². The molecule has 1 aromatic heterocycles. The van der Waals surface area contributed by atoms with Crippen molar-refractivity contribution in [1.29, 1.82) is 0 Å². The summed E-state index contributed by atoms with van der Waals surface area (Å²) in [5.41, 5.74) is 5.65. The maximum Gasteiger partial charge on any atom is 0.387 e. The van der Waals surface area contributed by atoms with Crippen LogP contribution in [0.25, 0.3) is 11.3 Å². The third kappa shape index (κ3) is 5.13. The lowest BCUT2D eigenvalue weighted by Crippen LogP contribution is -2.11. The predicted molar refractivity (Wildman–Crippen MR) is 93.1 cm³/mol. The molecule has 1 amide bonds. The number of nitrogens with two attached hydrogens (primary N) is 1. The van der Waals surface area contributed by atoms with Crippen LogP contribution in [-0.4, -0.2) is 43.0 Å². The zero-order valence-corrected chi connectivity index (χ0v) is 14.9. The lowest BCUT2D eigenvalue weighted by molar-refractivity contribution is -0.0494. The standard InChI is InChI=1S/C16H14ClF2N3O2S/c1-22(2)7-3-4-12-21-13(14(25-12)15(20)23)10-8-9(17)5-6-11(10)24-16(18)19/h5-6,8,16H,7H2,1-2H3,(H2,20,23). The molecule has 0 fully saturated rings. The molecule has 0 saturated heterocycles. The van der Waals surface area contributed by atoms with Crippen molar-refractivity contribution < 1.29 is 18.3 Å². The summed E-state index contributed by atoms with van der Waals surface area (Å²) in [5.74, 6) is 4.81. The number of alkyl halides is 2. The van der Waals surface area contributed by atoms with Crippen molar-refractivity contribution >= 4 is 28.8 Å². The number of aromatic nitrogens is 1. The molecular formula is C16H14ClF2N3O2S. The Hall–Kier alpha value is -2.21. The minimum Gasteiger partial charge on any atom is -0.434 e. The van der Waals surface area contributed by atoms with E-state index in [1.165, 1.54) is 18.2 Å². The fraction of sp³-hybridized carbons (Fsp3) is 0.250. The van der Waals surface area contributed by atoms with E-state index in [0.29, 0.717) is 11.6 Å². The average Bonchev–Trinajstić information content (AvgIpc) is 2.92. The van der Waals surface area contributed by atoms with Gasteiger partial charge < -0.3 is 10.5 Å². The third-order valence-electron chi connectivity index (χ3n) is 2.85. The zero-order valence-electron chi connectivity index (χ0n) is 13.3. The summed E-state index contributed by atoms with van der Waals surface area (Å²) < 4.78 is 29.8. The number of hydrogen-bond donors (Lipinski definition) is 1. The van der Waals surface area contributed by atoms with E-state index in [-0.39, 0.29) is 26.9 Å². The van der Waals surface area contributed by atoms with Gasteiger partial charge in [0.15, 0.2) is 5.01 Å². The van der Waals surface area contributed by atoms with Gasteiger partial charge in [0.2, 0.25) is 0 Å². The molecule has 0 aliphatic carbocycles. The minimum absolute atomic E-state index is 0.0931. The number of hydrogen-bond acceptors (Lipinski definition) is 5. The number of benzene rings is 1. The molecule has 0 atom stereocenters. The Balaban J connectivity index is 2.54. The van der Waals surface area contributed by atoms with Gasteiger partial charge in [-0.2, -0.15) is 8.78 Å². The number of carbonyl (C=O) groups is 1. The molecule has 0 radical (unpaired) electrons. The molecule has 1 heterocycles. The van der Waals surface area contributed by atoms with E-state index in [4.69, 9.17) is 17.3 Å². The Morgan fingerprint density at radius 1 is 1.48 bits per heavy atom. The first-order chi connectivity index (χ1) is 11.8. The summed E-state index contributed by atoms with van der Waals surface area (Å²) in [7, 11) is 3.72. The van der Waals surface area contributed by atoms with E-state index in [2.05, 4.69) is 21.6 Å². The molecule has 1 aromatic carbocycles. The van der Waals surface area contributed by atoms with Crippen molar-refractivity contribution in [2.45, 2.75) is 6.61 Å².